The number of rotatable bonds is 13. The maximum absolute atomic E-state index is 11.1. The van der Waals surface area contributed by atoms with Crippen LogP contribution in [0, 0.1) is 0 Å². The molecule has 0 radical (unpaired) electrons. The van der Waals surface area contributed by atoms with E-state index in [0.29, 0.717) is 32.1 Å². The Morgan fingerprint density at radius 1 is 1.23 bits per heavy atom. The lowest BCUT2D eigenvalue weighted by molar-refractivity contribution is -0.140. The summed E-state index contributed by atoms with van der Waals surface area (Å²) in [6.45, 7) is 2.20. The normalized spacial score (nSPS) is 24.5. The van der Waals surface area contributed by atoms with Crippen molar-refractivity contribution in [2.75, 3.05) is 7.11 Å². The van der Waals surface area contributed by atoms with E-state index in [2.05, 4.69) is 29.9 Å². The van der Waals surface area contributed by atoms with Gasteiger partial charge in [0.05, 0.1) is 31.5 Å². The molecule has 26 heavy (non-hydrogen) atoms. The summed E-state index contributed by atoms with van der Waals surface area (Å²) in [6.07, 6.45) is 14.8. The molecule has 1 aliphatic rings. The third kappa shape index (κ3) is 9.51. The van der Waals surface area contributed by atoms with Crippen LogP contribution < -0.4 is 0 Å². The molecule has 1 heterocycles. The van der Waals surface area contributed by atoms with Crippen LogP contribution in [0.15, 0.2) is 24.3 Å². The van der Waals surface area contributed by atoms with Gasteiger partial charge >= 0.3 is 5.97 Å². The van der Waals surface area contributed by atoms with Crippen LogP contribution in [0.4, 0.5) is 0 Å². The molecular weight excluding hydrogens is 332 g/mol. The van der Waals surface area contributed by atoms with E-state index in [1.54, 1.807) is 0 Å². The predicted octanol–water partition coefficient (Wildman–Crippen LogP) is 3.68. The first-order valence-corrected chi connectivity index (χ1v) is 9.96. The number of allylic oxidation sites excluding steroid dienone is 3. The minimum Gasteiger partial charge on any atom is -0.469 e. The minimum atomic E-state index is -0.611. The topological polar surface area (TPSA) is 76.0 Å². The van der Waals surface area contributed by atoms with E-state index in [0.717, 1.165) is 12.8 Å². The molecular formula is C21H36O5. The molecule has 1 saturated heterocycles. The van der Waals surface area contributed by atoms with Crippen LogP contribution in [0.3, 0.4) is 0 Å². The first-order chi connectivity index (χ1) is 12.6. The van der Waals surface area contributed by atoms with Crippen LogP contribution in [-0.2, 0) is 14.3 Å². The molecule has 0 bridgehead atoms. The number of carbonyl (C=O) groups excluding carboxylic acids is 1. The van der Waals surface area contributed by atoms with E-state index < -0.39 is 12.2 Å². The van der Waals surface area contributed by atoms with Gasteiger partial charge in [0.15, 0.2) is 0 Å². The van der Waals surface area contributed by atoms with Crippen LogP contribution >= 0.6 is 0 Å². The Balaban J connectivity index is 2.19. The van der Waals surface area contributed by atoms with Crippen molar-refractivity contribution >= 4 is 5.97 Å². The van der Waals surface area contributed by atoms with E-state index in [9.17, 15) is 15.0 Å². The Bertz CT molecular complexity index is 432. The van der Waals surface area contributed by atoms with Crippen molar-refractivity contribution in [2.45, 2.75) is 95.5 Å². The third-order valence-electron chi connectivity index (χ3n) is 4.74. The number of carbonyl (C=O) groups is 1. The van der Waals surface area contributed by atoms with Crippen LogP contribution in [0.25, 0.3) is 0 Å². The molecule has 0 aromatic heterocycles. The Morgan fingerprint density at radius 3 is 2.73 bits per heavy atom. The van der Waals surface area contributed by atoms with Gasteiger partial charge in [0.1, 0.15) is 0 Å². The van der Waals surface area contributed by atoms with Crippen molar-refractivity contribution in [1.29, 1.82) is 0 Å². The summed E-state index contributed by atoms with van der Waals surface area (Å²) < 4.78 is 10.4. The number of ether oxygens (including phenoxy) is 2. The van der Waals surface area contributed by atoms with Gasteiger partial charge in [-0.3, -0.25) is 4.79 Å². The van der Waals surface area contributed by atoms with Gasteiger partial charge in [-0.15, -0.1) is 0 Å². The van der Waals surface area contributed by atoms with Crippen LogP contribution in [0.2, 0.25) is 0 Å². The van der Waals surface area contributed by atoms with Crippen LogP contribution in [0.5, 0.6) is 0 Å². The van der Waals surface area contributed by atoms with Crippen LogP contribution in [0.1, 0.15) is 71.1 Å². The molecule has 0 aromatic rings. The molecule has 2 N–H and O–H groups in total. The molecule has 1 rings (SSSR count). The number of methoxy groups -OCH3 is 1. The predicted molar refractivity (Wildman–Crippen MR) is 103 cm³/mol. The van der Waals surface area contributed by atoms with Gasteiger partial charge in [-0.1, -0.05) is 44.1 Å². The lowest BCUT2D eigenvalue weighted by Crippen LogP contribution is -2.25. The smallest absolute Gasteiger partial charge is 0.305 e. The molecule has 0 aliphatic carbocycles. The highest BCUT2D eigenvalue weighted by molar-refractivity contribution is 5.68. The zero-order valence-corrected chi connectivity index (χ0v) is 16.3. The second kappa shape index (κ2) is 14.0. The van der Waals surface area contributed by atoms with Crippen molar-refractivity contribution in [1.82, 2.24) is 0 Å². The Morgan fingerprint density at radius 2 is 2.00 bits per heavy atom. The maximum Gasteiger partial charge on any atom is 0.305 e. The Kier molecular flexibility index (Phi) is 12.3. The Hall–Kier alpha value is -1.17. The summed E-state index contributed by atoms with van der Waals surface area (Å²) in [4.78, 5) is 11.1. The van der Waals surface area contributed by atoms with Crippen molar-refractivity contribution in [3.05, 3.63) is 24.3 Å². The SMILES string of the molecule is CCCCC/C=C\C/C=C\CC(O)[C@H]1CC(O)[C@H](CCCC(=O)OC)O1. The van der Waals surface area contributed by atoms with Gasteiger partial charge in [0, 0.05) is 12.8 Å². The first kappa shape index (κ1) is 22.9. The van der Waals surface area contributed by atoms with Gasteiger partial charge in [-0.25, -0.2) is 0 Å². The quantitative estimate of drug-likeness (QED) is 0.295. The molecule has 5 heteroatoms. The van der Waals surface area contributed by atoms with Crippen molar-refractivity contribution in [3.63, 3.8) is 0 Å². The van der Waals surface area contributed by atoms with E-state index in [1.165, 1.54) is 26.4 Å². The third-order valence-corrected chi connectivity index (χ3v) is 4.74. The van der Waals surface area contributed by atoms with E-state index in [4.69, 9.17) is 4.74 Å². The maximum atomic E-state index is 11.1. The summed E-state index contributed by atoms with van der Waals surface area (Å²) in [6, 6.07) is 0. The number of aliphatic hydroxyl groups excluding tert-OH is 2. The van der Waals surface area contributed by atoms with E-state index in [-0.39, 0.29) is 18.2 Å². The molecule has 0 spiro atoms. The first-order valence-electron chi connectivity index (χ1n) is 9.96. The number of hydrogen-bond donors (Lipinski definition) is 2. The fourth-order valence-corrected chi connectivity index (χ4v) is 3.11. The van der Waals surface area contributed by atoms with Gasteiger partial charge in [0.25, 0.3) is 0 Å². The molecule has 1 aliphatic heterocycles. The second-order valence-corrected chi connectivity index (χ2v) is 6.96. The lowest BCUT2D eigenvalue weighted by Gasteiger charge is -2.18. The zero-order valence-electron chi connectivity index (χ0n) is 16.3. The van der Waals surface area contributed by atoms with E-state index >= 15 is 0 Å². The van der Waals surface area contributed by atoms with Gasteiger partial charge < -0.3 is 19.7 Å². The van der Waals surface area contributed by atoms with Gasteiger partial charge in [-0.05, 0) is 38.5 Å². The number of hydrogen-bond acceptors (Lipinski definition) is 5. The highest BCUT2D eigenvalue weighted by Gasteiger charge is 2.36. The highest BCUT2D eigenvalue weighted by atomic mass is 16.5. The fourth-order valence-electron chi connectivity index (χ4n) is 3.11. The van der Waals surface area contributed by atoms with Gasteiger partial charge in [-0.2, -0.15) is 0 Å². The summed E-state index contributed by atoms with van der Waals surface area (Å²) in [5.74, 6) is -0.251. The molecule has 0 amide bonds. The monoisotopic (exact) mass is 368 g/mol. The molecule has 150 valence electrons. The summed E-state index contributed by atoms with van der Waals surface area (Å²) in [7, 11) is 1.37. The molecule has 2 unspecified atom stereocenters. The van der Waals surface area contributed by atoms with Crippen molar-refractivity contribution in [3.8, 4) is 0 Å². The lowest BCUT2D eigenvalue weighted by atomic mass is 10.0. The highest BCUT2D eigenvalue weighted by Crippen LogP contribution is 2.27. The van der Waals surface area contributed by atoms with Gasteiger partial charge in [0.2, 0.25) is 0 Å². The molecule has 1 fully saturated rings. The molecule has 0 saturated carbocycles. The molecule has 0 aromatic carbocycles. The summed E-state index contributed by atoms with van der Waals surface area (Å²) >= 11 is 0. The van der Waals surface area contributed by atoms with E-state index in [1.807, 2.05) is 6.08 Å². The standard InChI is InChI=1S/C21H36O5/c1-3-4-5-6-7-8-9-10-11-13-17(22)20-16-18(23)19(26-20)14-12-15-21(24)25-2/h7-8,10-11,17-20,22-23H,3-6,9,12-16H2,1-2H3/b8-7-,11-10-/t17?,18?,19-,20+/m0/s1. The average Bonchev–Trinajstić information content (AvgIpc) is 3.01. The fraction of sp³-hybridized carbons (Fsp3) is 0.762. The molecule has 4 atom stereocenters. The van der Waals surface area contributed by atoms with Crippen LogP contribution in [-0.4, -0.2) is 47.7 Å². The second-order valence-electron chi connectivity index (χ2n) is 6.96. The zero-order chi connectivity index (χ0) is 19.2. The number of aliphatic hydroxyl groups is 2. The average molecular weight is 369 g/mol. The number of esters is 1. The largest absolute Gasteiger partial charge is 0.469 e. The summed E-state index contributed by atoms with van der Waals surface area (Å²) in [5.41, 5.74) is 0. The van der Waals surface area contributed by atoms with Crippen molar-refractivity contribution in [2.24, 2.45) is 0 Å². The molecule has 5 nitrogen and oxygen atoms in total. The van der Waals surface area contributed by atoms with Crippen molar-refractivity contribution < 1.29 is 24.5 Å². The Labute approximate surface area is 158 Å². The number of unbranched alkanes of at least 4 members (excludes halogenated alkanes) is 3. The minimum absolute atomic E-state index is 0.251. The summed E-state index contributed by atoms with van der Waals surface area (Å²) in [5, 5.41) is 20.3.